The Morgan fingerprint density at radius 1 is 1.05 bits per heavy atom. The van der Waals surface area contributed by atoms with Crippen LogP contribution >= 0.6 is 0 Å². The van der Waals surface area contributed by atoms with Gasteiger partial charge in [-0.25, -0.2) is 0 Å². The average Bonchev–Trinajstić information content (AvgIpc) is 2.39. The fraction of sp³-hybridized carbons (Fsp3) is 0.333. The third kappa shape index (κ3) is 2.67. The van der Waals surface area contributed by atoms with E-state index in [0.717, 1.165) is 22.9 Å². The summed E-state index contributed by atoms with van der Waals surface area (Å²) >= 11 is 0. The summed E-state index contributed by atoms with van der Waals surface area (Å²) in [4.78, 5) is 0. The number of hydrogen-bond acceptors (Lipinski definition) is 4. The summed E-state index contributed by atoms with van der Waals surface area (Å²) in [5.41, 5.74) is 3.21. The zero-order chi connectivity index (χ0) is 13.1. The van der Waals surface area contributed by atoms with Crippen molar-refractivity contribution in [3.05, 3.63) is 42.1 Å². The van der Waals surface area contributed by atoms with E-state index in [4.69, 9.17) is 0 Å². The Kier molecular flexibility index (Phi) is 3.31. The number of benzene rings is 1. The van der Waals surface area contributed by atoms with E-state index in [9.17, 15) is 0 Å². The second kappa shape index (κ2) is 5.26. The first kappa shape index (κ1) is 12.0. The van der Waals surface area contributed by atoms with Crippen LogP contribution in [-0.4, -0.2) is 17.2 Å². The highest BCUT2D eigenvalue weighted by atomic mass is 15.2. The van der Waals surface area contributed by atoms with Gasteiger partial charge in [-0.2, -0.15) is 5.10 Å². The van der Waals surface area contributed by atoms with Crippen molar-refractivity contribution in [3.8, 4) is 0 Å². The minimum atomic E-state index is 0.633. The van der Waals surface area contributed by atoms with Gasteiger partial charge in [0, 0.05) is 24.3 Å². The Labute approximate surface area is 113 Å². The van der Waals surface area contributed by atoms with E-state index in [-0.39, 0.29) is 0 Å². The Balaban J connectivity index is 1.71. The second-order valence-electron chi connectivity index (χ2n) is 4.93. The van der Waals surface area contributed by atoms with E-state index in [0.29, 0.717) is 5.92 Å². The van der Waals surface area contributed by atoms with Crippen LogP contribution in [0, 0.1) is 0 Å². The molecule has 1 aromatic carbocycles. The quantitative estimate of drug-likeness (QED) is 0.876. The molecule has 4 nitrogen and oxygen atoms in total. The molecule has 0 unspecified atom stereocenters. The summed E-state index contributed by atoms with van der Waals surface area (Å²) in [5, 5.41) is 14.9. The molecular weight excluding hydrogens is 236 g/mol. The topological polar surface area (TPSA) is 49.8 Å². The normalized spacial score (nSPS) is 14.8. The van der Waals surface area contributed by atoms with Gasteiger partial charge >= 0.3 is 0 Å². The highest BCUT2D eigenvalue weighted by molar-refractivity contribution is 5.62. The van der Waals surface area contributed by atoms with Crippen LogP contribution in [0.2, 0.25) is 0 Å². The van der Waals surface area contributed by atoms with Crippen molar-refractivity contribution in [3.63, 3.8) is 0 Å². The van der Waals surface area contributed by atoms with Gasteiger partial charge < -0.3 is 10.6 Å². The third-order valence-corrected chi connectivity index (χ3v) is 3.63. The molecule has 1 aromatic heterocycles. The summed E-state index contributed by atoms with van der Waals surface area (Å²) in [6.07, 6.45) is 3.83. The van der Waals surface area contributed by atoms with E-state index in [1.54, 1.807) is 0 Å². The van der Waals surface area contributed by atoms with Crippen molar-refractivity contribution in [2.75, 3.05) is 17.7 Å². The Hall–Kier alpha value is -2.10. The smallest absolute Gasteiger partial charge is 0.153 e. The third-order valence-electron chi connectivity index (χ3n) is 3.63. The van der Waals surface area contributed by atoms with E-state index < -0.39 is 0 Å². The number of anilines is 3. The minimum Gasteiger partial charge on any atom is -0.388 e. The van der Waals surface area contributed by atoms with Gasteiger partial charge in [-0.05, 0) is 43.2 Å². The van der Waals surface area contributed by atoms with Gasteiger partial charge in [-0.15, -0.1) is 5.10 Å². The van der Waals surface area contributed by atoms with E-state index >= 15 is 0 Å². The molecule has 2 N–H and O–H groups in total. The first-order valence-electron chi connectivity index (χ1n) is 6.73. The zero-order valence-electron chi connectivity index (χ0n) is 11.1. The van der Waals surface area contributed by atoms with Crippen molar-refractivity contribution in [1.82, 2.24) is 10.2 Å². The van der Waals surface area contributed by atoms with Crippen LogP contribution in [-0.2, 0) is 0 Å². The van der Waals surface area contributed by atoms with Crippen LogP contribution < -0.4 is 10.6 Å². The molecule has 1 fully saturated rings. The van der Waals surface area contributed by atoms with Gasteiger partial charge in [0.2, 0.25) is 0 Å². The zero-order valence-corrected chi connectivity index (χ0v) is 11.1. The average molecular weight is 254 g/mol. The lowest BCUT2D eigenvalue weighted by atomic mass is 9.83. The molecule has 1 heterocycles. The first-order chi connectivity index (χ1) is 9.35. The predicted molar refractivity (Wildman–Crippen MR) is 77.9 cm³/mol. The molecule has 0 bridgehead atoms. The van der Waals surface area contributed by atoms with Crippen molar-refractivity contribution in [2.45, 2.75) is 25.2 Å². The van der Waals surface area contributed by atoms with E-state index in [1.165, 1.54) is 19.3 Å². The molecule has 3 rings (SSSR count). The summed E-state index contributed by atoms with van der Waals surface area (Å²) in [7, 11) is 1.91. The number of aromatic nitrogens is 2. The van der Waals surface area contributed by atoms with Gasteiger partial charge in [-0.1, -0.05) is 12.5 Å². The van der Waals surface area contributed by atoms with Gasteiger partial charge in [0.05, 0.1) is 5.69 Å². The Bertz CT molecular complexity index is 546. The van der Waals surface area contributed by atoms with E-state index in [2.05, 4.69) is 26.9 Å². The van der Waals surface area contributed by atoms with Crippen molar-refractivity contribution < 1.29 is 0 Å². The van der Waals surface area contributed by atoms with Gasteiger partial charge in [0.15, 0.2) is 5.82 Å². The fourth-order valence-electron chi connectivity index (χ4n) is 2.23. The molecule has 0 atom stereocenters. The highest BCUT2D eigenvalue weighted by Gasteiger charge is 2.20. The Morgan fingerprint density at radius 2 is 1.89 bits per heavy atom. The molecular formula is C15H18N4. The van der Waals surface area contributed by atoms with Gasteiger partial charge in [0.1, 0.15) is 0 Å². The molecule has 0 radical (unpaired) electrons. The van der Waals surface area contributed by atoms with Crippen LogP contribution in [0.4, 0.5) is 17.2 Å². The molecule has 1 aliphatic rings. The van der Waals surface area contributed by atoms with Gasteiger partial charge in [0.25, 0.3) is 0 Å². The van der Waals surface area contributed by atoms with Crippen LogP contribution in [0.5, 0.6) is 0 Å². The highest BCUT2D eigenvalue weighted by Crippen LogP contribution is 2.35. The van der Waals surface area contributed by atoms with Crippen LogP contribution in [0.3, 0.4) is 0 Å². The molecule has 19 heavy (non-hydrogen) atoms. The molecule has 0 spiro atoms. The maximum Gasteiger partial charge on any atom is 0.153 e. The standard InChI is InChI=1S/C15H18N4/c1-16-12-6-3-7-13(10-12)17-15-9-8-14(18-19-15)11-4-2-5-11/h3,6-11,16H,2,4-5H2,1H3,(H,17,19). The van der Waals surface area contributed by atoms with Gasteiger partial charge in [-0.3, -0.25) is 0 Å². The lowest BCUT2D eigenvalue weighted by Crippen LogP contribution is -2.11. The minimum absolute atomic E-state index is 0.633. The predicted octanol–water partition coefficient (Wildman–Crippen LogP) is 3.53. The largest absolute Gasteiger partial charge is 0.388 e. The number of hydrogen-bond donors (Lipinski definition) is 2. The molecule has 0 amide bonds. The summed E-state index contributed by atoms with van der Waals surface area (Å²) in [6.45, 7) is 0. The SMILES string of the molecule is CNc1cccc(Nc2ccc(C3CCC3)nn2)c1. The molecule has 4 heteroatoms. The van der Waals surface area contributed by atoms with Crippen LogP contribution in [0.1, 0.15) is 30.9 Å². The molecule has 1 saturated carbocycles. The second-order valence-corrected chi connectivity index (χ2v) is 4.93. The number of nitrogens with zero attached hydrogens (tertiary/aromatic N) is 2. The maximum atomic E-state index is 4.31. The molecule has 98 valence electrons. The van der Waals surface area contributed by atoms with E-state index in [1.807, 2.05) is 37.4 Å². The fourth-order valence-corrected chi connectivity index (χ4v) is 2.23. The maximum absolute atomic E-state index is 4.31. The summed E-state index contributed by atoms with van der Waals surface area (Å²) in [6, 6.07) is 12.2. The number of nitrogens with one attached hydrogen (secondary N) is 2. The molecule has 0 aliphatic heterocycles. The van der Waals surface area contributed by atoms with Crippen molar-refractivity contribution >= 4 is 17.2 Å². The van der Waals surface area contributed by atoms with Crippen molar-refractivity contribution in [2.24, 2.45) is 0 Å². The summed E-state index contributed by atoms with van der Waals surface area (Å²) < 4.78 is 0. The summed E-state index contributed by atoms with van der Waals surface area (Å²) in [5.74, 6) is 1.42. The van der Waals surface area contributed by atoms with Crippen LogP contribution in [0.25, 0.3) is 0 Å². The monoisotopic (exact) mass is 254 g/mol. The van der Waals surface area contributed by atoms with Crippen molar-refractivity contribution in [1.29, 1.82) is 0 Å². The van der Waals surface area contributed by atoms with Crippen LogP contribution in [0.15, 0.2) is 36.4 Å². The number of rotatable bonds is 4. The lowest BCUT2D eigenvalue weighted by molar-refractivity contribution is 0.408. The lowest BCUT2D eigenvalue weighted by Gasteiger charge is -2.24. The molecule has 1 aliphatic carbocycles. The molecule has 0 saturated heterocycles. The Morgan fingerprint density at radius 3 is 2.53 bits per heavy atom. The molecule has 2 aromatic rings. The first-order valence-corrected chi connectivity index (χ1v) is 6.73.